The van der Waals surface area contributed by atoms with Crippen molar-refractivity contribution in [2.24, 2.45) is 0 Å². The molecule has 0 amide bonds. The second-order valence-electron chi connectivity index (χ2n) is 4.19. The van der Waals surface area contributed by atoms with Gasteiger partial charge in [0.25, 0.3) is 0 Å². The minimum atomic E-state index is 0.804. The molecule has 0 radical (unpaired) electrons. The first kappa shape index (κ1) is 9.44. The van der Waals surface area contributed by atoms with E-state index in [2.05, 4.69) is 16.8 Å². The predicted molar refractivity (Wildman–Crippen MR) is 52.9 cm³/mol. The topological polar surface area (TPSA) is 15.7 Å². The molecule has 0 aromatic rings. The van der Waals surface area contributed by atoms with Crippen molar-refractivity contribution in [1.29, 1.82) is 0 Å². The second kappa shape index (κ2) is 4.40. The summed E-state index contributed by atoms with van der Waals surface area (Å²) in [6.07, 6.45) is 2.76. The average molecular weight is 184 g/mol. The zero-order valence-electron chi connectivity index (χ0n) is 8.54. The van der Waals surface area contributed by atoms with E-state index in [0.29, 0.717) is 0 Å². The lowest BCUT2D eigenvalue weighted by molar-refractivity contribution is 0.0285. The number of hydrogen-bond acceptors (Lipinski definition) is 3. The first-order valence-corrected chi connectivity index (χ1v) is 5.36. The van der Waals surface area contributed by atoms with Gasteiger partial charge in [-0.15, -0.1) is 0 Å². The first-order valence-electron chi connectivity index (χ1n) is 5.36. The lowest BCUT2D eigenvalue weighted by Crippen LogP contribution is -2.44. The van der Waals surface area contributed by atoms with E-state index in [1.807, 2.05) is 0 Å². The van der Waals surface area contributed by atoms with Crippen LogP contribution in [0.25, 0.3) is 0 Å². The van der Waals surface area contributed by atoms with Crippen LogP contribution >= 0.6 is 0 Å². The van der Waals surface area contributed by atoms with E-state index >= 15 is 0 Å². The molecule has 0 spiro atoms. The third-order valence-electron chi connectivity index (χ3n) is 3.24. The zero-order valence-corrected chi connectivity index (χ0v) is 8.54. The van der Waals surface area contributed by atoms with Gasteiger partial charge in [-0.2, -0.15) is 0 Å². The van der Waals surface area contributed by atoms with E-state index in [0.717, 1.165) is 32.3 Å². The summed E-state index contributed by atoms with van der Waals surface area (Å²) in [5, 5.41) is 0. The number of morpholine rings is 1. The Labute approximate surface area is 80.6 Å². The van der Waals surface area contributed by atoms with Gasteiger partial charge in [0.1, 0.15) is 0 Å². The highest BCUT2D eigenvalue weighted by Crippen LogP contribution is 2.16. The molecule has 2 rings (SSSR count). The minimum Gasteiger partial charge on any atom is -0.379 e. The molecule has 3 heteroatoms. The highest BCUT2D eigenvalue weighted by Gasteiger charge is 2.23. The second-order valence-corrected chi connectivity index (χ2v) is 4.19. The molecule has 1 atom stereocenters. The summed E-state index contributed by atoms with van der Waals surface area (Å²) in [6.45, 7) is 6.65. The van der Waals surface area contributed by atoms with Crippen LogP contribution in [0.1, 0.15) is 12.8 Å². The molecule has 76 valence electrons. The Morgan fingerprint density at radius 1 is 1.23 bits per heavy atom. The summed E-state index contributed by atoms with van der Waals surface area (Å²) in [5.74, 6) is 0. The van der Waals surface area contributed by atoms with Crippen molar-refractivity contribution in [1.82, 2.24) is 9.80 Å². The van der Waals surface area contributed by atoms with E-state index in [4.69, 9.17) is 4.74 Å². The number of hydrogen-bond donors (Lipinski definition) is 0. The Hall–Kier alpha value is -0.120. The van der Waals surface area contributed by atoms with Crippen molar-refractivity contribution in [2.75, 3.05) is 46.4 Å². The van der Waals surface area contributed by atoms with Gasteiger partial charge in [-0.05, 0) is 26.4 Å². The first-order chi connectivity index (χ1) is 6.36. The van der Waals surface area contributed by atoms with Crippen molar-refractivity contribution in [3.05, 3.63) is 0 Å². The predicted octanol–water partition coefficient (Wildman–Crippen LogP) is 0.413. The van der Waals surface area contributed by atoms with Gasteiger partial charge in [-0.3, -0.25) is 4.90 Å². The summed E-state index contributed by atoms with van der Waals surface area (Å²) < 4.78 is 5.34. The molecule has 2 fully saturated rings. The molecule has 0 unspecified atom stereocenters. The van der Waals surface area contributed by atoms with Crippen LogP contribution in [0.4, 0.5) is 0 Å². The number of likely N-dealkylation sites (N-methyl/N-ethyl adjacent to an activating group) is 1. The number of rotatable bonds is 2. The molecule has 0 aromatic carbocycles. The van der Waals surface area contributed by atoms with E-state index in [1.54, 1.807) is 0 Å². The molecule has 2 saturated heterocycles. The van der Waals surface area contributed by atoms with Crippen LogP contribution in [-0.2, 0) is 4.74 Å². The molecule has 13 heavy (non-hydrogen) atoms. The molecule has 2 aliphatic heterocycles. The quantitative estimate of drug-likeness (QED) is 0.618. The molecule has 0 saturated carbocycles. The van der Waals surface area contributed by atoms with E-state index in [9.17, 15) is 0 Å². The normalized spacial score (nSPS) is 32.5. The zero-order chi connectivity index (χ0) is 9.10. The number of likely N-dealkylation sites (tertiary alicyclic amines) is 1. The molecule has 2 aliphatic rings. The van der Waals surface area contributed by atoms with Crippen molar-refractivity contribution in [3.8, 4) is 0 Å². The molecule has 3 nitrogen and oxygen atoms in total. The molecular weight excluding hydrogens is 164 g/mol. The van der Waals surface area contributed by atoms with Crippen LogP contribution in [-0.4, -0.2) is 62.3 Å². The van der Waals surface area contributed by atoms with Crippen LogP contribution in [0.2, 0.25) is 0 Å². The molecular formula is C10H20N2O. The lowest BCUT2D eigenvalue weighted by atomic mass is 10.2. The maximum atomic E-state index is 5.34. The van der Waals surface area contributed by atoms with Crippen molar-refractivity contribution < 1.29 is 4.74 Å². The van der Waals surface area contributed by atoms with Crippen molar-refractivity contribution >= 4 is 0 Å². The van der Waals surface area contributed by atoms with Gasteiger partial charge < -0.3 is 9.64 Å². The Balaban J connectivity index is 1.75. The number of ether oxygens (including phenoxy) is 1. The fourth-order valence-corrected chi connectivity index (χ4v) is 2.29. The van der Waals surface area contributed by atoms with Crippen LogP contribution in [0, 0.1) is 0 Å². The summed E-state index contributed by atoms with van der Waals surface area (Å²) >= 11 is 0. The minimum absolute atomic E-state index is 0.804. The van der Waals surface area contributed by atoms with Gasteiger partial charge in [0.05, 0.1) is 13.2 Å². The smallest absolute Gasteiger partial charge is 0.0594 e. The fourth-order valence-electron chi connectivity index (χ4n) is 2.29. The van der Waals surface area contributed by atoms with Crippen LogP contribution in [0.15, 0.2) is 0 Å². The third kappa shape index (κ3) is 2.42. The Morgan fingerprint density at radius 2 is 2.00 bits per heavy atom. The van der Waals surface area contributed by atoms with Gasteiger partial charge in [0, 0.05) is 25.7 Å². The van der Waals surface area contributed by atoms with Crippen molar-refractivity contribution in [3.63, 3.8) is 0 Å². The largest absolute Gasteiger partial charge is 0.379 e. The van der Waals surface area contributed by atoms with E-state index in [1.165, 1.54) is 25.9 Å². The Kier molecular flexibility index (Phi) is 3.19. The van der Waals surface area contributed by atoms with Gasteiger partial charge in [0.15, 0.2) is 0 Å². The SMILES string of the molecule is CN1CCC[C@H]1CN1CCOCC1. The highest BCUT2D eigenvalue weighted by molar-refractivity contribution is 4.80. The van der Waals surface area contributed by atoms with Gasteiger partial charge >= 0.3 is 0 Å². The van der Waals surface area contributed by atoms with Crippen LogP contribution in [0.5, 0.6) is 0 Å². The summed E-state index contributed by atoms with van der Waals surface area (Å²) in [7, 11) is 2.25. The van der Waals surface area contributed by atoms with Crippen LogP contribution in [0.3, 0.4) is 0 Å². The molecule has 2 heterocycles. The van der Waals surface area contributed by atoms with Gasteiger partial charge in [-0.25, -0.2) is 0 Å². The number of nitrogens with zero attached hydrogens (tertiary/aromatic N) is 2. The maximum absolute atomic E-state index is 5.34. The van der Waals surface area contributed by atoms with Gasteiger partial charge in [-0.1, -0.05) is 0 Å². The fraction of sp³-hybridized carbons (Fsp3) is 1.00. The summed E-state index contributed by atoms with van der Waals surface area (Å²) in [4.78, 5) is 5.03. The Bertz CT molecular complexity index is 157. The van der Waals surface area contributed by atoms with E-state index < -0.39 is 0 Å². The average Bonchev–Trinajstić information content (AvgIpc) is 2.54. The molecule has 0 bridgehead atoms. The standard InChI is InChI=1S/C10H20N2O/c1-11-4-2-3-10(11)9-12-5-7-13-8-6-12/h10H,2-9H2,1H3/t10-/m0/s1. The summed E-state index contributed by atoms with van der Waals surface area (Å²) in [6, 6.07) is 0.804. The third-order valence-corrected chi connectivity index (χ3v) is 3.24. The van der Waals surface area contributed by atoms with Crippen molar-refractivity contribution in [2.45, 2.75) is 18.9 Å². The molecule has 0 aromatic heterocycles. The van der Waals surface area contributed by atoms with Crippen LogP contribution < -0.4 is 0 Å². The monoisotopic (exact) mass is 184 g/mol. The highest BCUT2D eigenvalue weighted by atomic mass is 16.5. The summed E-state index contributed by atoms with van der Waals surface area (Å²) in [5.41, 5.74) is 0. The molecule has 0 N–H and O–H groups in total. The molecule has 0 aliphatic carbocycles. The lowest BCUT2D eigenvalue weighted by Gasteiger charge is -2.31. The van der Waals surface area contributed by atoms with E-state index in [-0.39, 0.29) is 0 Å². The van der Waals surface area contributed by atoms with Gasteiger partial charge in [0.2, 0.25) is 0 Å². The maximum Gasteiger partial charge on any atom is 0.0594 e. The Morgan fingerprint density at radius 3 is 2.62 bits per heavy atom.